The van der Waals surface area contributed by atoms with Gasteiger partial charge in [-0.2, -0.15) is 4.98 Å². The second-order valence-electron chi connectivity index (χ2n) is 5.48. The Balaban J connectivity index is 1.44. The zero-order valence-corrected chi connectivity index (χ0v) is 12.6. The van der Waals surface area contributed by atoms with Gasteiger partial charge in [0, 0.05) is 23.5 Å². The van der Waals surface area contributed by atoms with E-state index in [1.807, 2.05) is 42.9 Å². The molecule has 4 aromatic rings. The van der Waals surface area contributed by atoms with E-state index in [4.69, 9.17) is 4.52 Å². The van der Waals surface area contributed by atoms with Crippen LogP contribution in [0.4, 0.5) is 0 Å². The van der Waals surface area contributed by atoms with Gasteiger partial charge in [0.25, 0.3) is 0 Å². The maximum atomic E-state index is 5.32. The Morgan fingerprint density at radius 3 is 2.74 bits per heavy atom. The van der Waals surface area contributed by atoms with Crippen LogP contribution >= 0.6 is 0 Å². The molecule has 0 atom stereocenters. The van der Waals surface area contributed by atoms with Crippen molar-refractivity contribution < 1.29 is 4.52 Å². The number of benzene rings is 2. The topological polar surface area (TPSA) is 54.7 Å². The van der Waals surface area contributed by atoms with Gasteiger partial charge in [0.05, 0.1) is 6.42 Å². The Labute approximate surface area is 134 Å². The Bertz CT molecular complexity index is 908. The van der Waals surface area contributed by atoms with Gasteiger partial charge in [-0.25, -0.2) is 0 Å². The molecule has 1 radical (unpaired) electrons. The molecule has 0 aliphatic heterocycles. The summed E-state index contributed by atoms with van der Waals surface area (Å²) in [5.74, 6) is 1.28. The molecular formula is C19H16N3O. The van der Waals surface area contributed by atoms with Crippen molar-refractivity contribution in [1.82, 2.24) is 15.1 Å². The summed E-state index contributed by atoms with van der Waals surface area (Å²) in [6.07, 6.45) is 5.45. The molecule has 2 aromatic carbocycles. The van der Waals surface area contributed by atoms with E-state index in [2.05, 4.69) is 39.4 Å². The van der Waals surface area contributed by atoms with E-state index in [1.165, 1.54) is 16.5 Å². The highest BCUT2D eigenvalue weighted by Gasteiger charge is 2.09. The second-order valence-corrected chi connectivity index (χ2v) is 5.48. The highest BCUT2D eigenvalue weighted by Crippen LogP contribution is 2.20. The number of hydrogen-bond acceptors (Lipinski definition) is 3. The number of hydrogen-bond donors (Lipinski definition) is 1. The Hall–Kier alpha value is -2.88. The van der Waals surface area contributed by atoms with Crippen LogP contribution in [0.25, 0.3) is 10.9 Å². The summed E-state index contributed by atoms with van der Waals surface area (Å²) >= 11 is 0. The summed E-state index contributed by atoms with van der Waals surface area (Å²) < 4.78 is 5.32. The molecule has 0 aliphatic rings. The smallest absolute Gasteiger partial charge is 0.230 e. The number of aromatic nitrogens is 3. The molecule has 23 heavy (non-hydrogen) atoms. The lowest BCUT2D eigenvalue weighted by molar-refractivity contribution is 0.391. The molecule has 4 nitrogen and oxygen atoms in total. The van der Waals surface area contributed by atoms with Gasteiger partial charge in [-0.1, -0.05) is 53.7 Å². The molecule has 0 fully saturated rings. The lowest BCUT2D eigenvalue weighted by Gasteiger charge is -1.96. The third-order valence-electron chi connectivity index (χ3n) is 3.86. The number of aromatic amines is 1. The molecule has 4 rings (SSSR count). The lowest BCUT2D eigenvalue weighted by Crippen LogP contribution is -1.92. The maximum Gasteiger partial charge on any atom is 0.230 e. The van der Waals surface area contributed by atoms with Crippen LogP contribution in [0.15, 0.2) is 65.3 Å². The molecule has 0 amide bonds. The first-order valence-corrected chi connectivity index (χ1v) is 7.63. The maximum absolute atomic E-state index is 5.32. The van der Waals surface area contributed by atoms with E-state index in [-0.39, 0.29) is 0 Å². The van der Waals surface area contributed by atoms with E-state index in [1.54, 1.807) is 0 Å². The summed E-state index contributed by atoms with van der Waals surface area (Å²) in [7, 11) is 0. The van der Waals surface area contributed by atoms with Crippen molar-refractivity contribution in [3.05, 3.63) is 90.1 Å². The largest absolute Gasteiger partial charge is 0.361 e. The van der Waals surface area contributed by atoms with Gasteiger partial charge >= 0.3 is 0 Å². The molecule has 0 saturated heterocycles. The standard InChI is InChI=1S/C19H16N3O/c1-2-6-14(7-3-1)12-18-21-19(23-22-18)11-10-15-13-20-17-9-5-4-8-16(15)17/h1-9,11,13,20H,10,12H2. The number of fused-ring (bicyclic) bond motifs is 1. The van der Waals surface area contributed by atoms with E-state index < -0.39 is 0 Å². The SMILES string of the molecule is [CH](Cc1c[nH]c2ccccc12)c1nc(Cc2ccccc2)no1. The molecule has 1 N–H and O–H groups in total. The van der Waals surface area contributed by atoms with E-state index in [0.717, 1.165) is 11.9 Å². The first kappa shape index (κ1) is 13.8. The molecule has 2 heterocycles. The van der Waals surface area contributed by atoms with E-state index >= 15 is 0 Å². The van der Waals surface area contributed by atoms with Crippen LogP contribution in [0.1, 0.15) is 22.8 Å². The minimum atomic E-state index is 0.571. The zero-order chi connectivity index (χ0) is 15.5. The van der Waals surface area contributed by atoms with Gasteiger partial charge in [-0.05, 0) is 23.6 Å². The van der Waals surface area contributed by atoms with Crippen molar-refractivity contribution in [2.24, 2.45) is 0 Å². The van der Waals surface area contributed by atoms with E-state index in [0.29, 0.717) is 18.1 Å². The molecule has 0 saturated carbocycles. The lowest BCUT2D eigenvalue weighted by atomic mass is 10.1. The minimum Gasteiger partial charge on any atom is -0.361 e. The summed E-state index contributed by atoms with van der Waals surface area (Å²) in [5, 5.41) is 5.28. The van der Waals surface area contributed by atoms with Crippen molar-refractivity contribution in [1.29, 1.82) is 0 Å². The Morgan fingerprint density at radius 2 is 1.83 bits per heavy atom. The normalized spacial score (nSPS) is 11.1. The second kappa shape index (κ2) is 6.08. The third-order valence-corrected chi connectivity index (χ3v) is 3.86. The average Bonchev–Trinajstić information content (AvgIpc) is 3.21. The van der Waals surface area contributed by atoms with Crippen LogP contribution in [0.2, 0.25) is 0 Å². The predicted octanol–water partition coefficient (Wildman–Crippen LogP) is 3.94. The molecule has 113 valence electrons. The summed E-state index contributed by atoms with van der Waals surface area (Å²) in [6, 6.07) is 18.4. The van der Waals surface area contributed by atoms with Crippen LogP contribution in [-0.4, -0.2) is 15.1 Å². The van der Waals surface area contributed by atoms with Crippen LogP contribution in [-0.2, 0) is 12.8 Å². The average molecular weight is 302 g/mol. The van der Waals surface area contributed by atoms with Gasteiger partial charge in [-0.15, -0.1) is 0 Å². The van der Waals surface area contributed by atoms with Crippen LogP contribution in [0, 0.1) is 6.42 Å². The van der Waals surface area contributed by atoms with Gasteiger partial charge < -0.3 is 9.51 Å². The van der Waals surface area contributed by atoms with Gasteiger partial charge in [0.1, 0.15) is 0 Å². The fraction of sp³-hybridized carbons (Fsp3) is 0.105. The summed E-state index contributed by atoms with van der Waals surface area (Å²) in [6.45, 7) is 0. The molecular weight excluding hydrogens is 286 g/mol. The first-order chi connectivity index (χ1) is 11.4. The molecule has 0 aliphatic carbocycles. The number of para-hydroxylation sites is 1. The molecule has 2 aromatic heterocycles. The van der Waals surface area contributed by atoms with Crippen LogP contribution in [0.3, 0.4) is 0 Å². The Morgan fingerprint density at radius 1 is 1.00 bits per heavy atom. The zero-order valence-electron chi connectivity index (χ0n) is 12.6. The molecule has 0 unspecified atom stereocenters. The van der Waals surface area contributed by atoms with Crippen molar-refractivity contribution in [3.63, 3.8) is 0 Å². The van der Waals surface area contributed by atoms with Crippen molar-refractivity contribution in [2.45, 2.75) is 12.8 Å². The van der Waals surface area contributed by atoms with Crippen LogP contribution < -0.4 is 0 Å². The highest BCUT2D eigenvalue weighted by molar-refractivity contribution is 5.83. The minimum absolute atomic E-state index is 0.571. The number of rotatable bonds is 5. The quantitative estimate of drug-likeness (QED) is 0.607. The van der Waals surface area contributed by atoms with Gasteiger partial charge in [0.2, 0.25) is 5.89 Å². The number of nitrogens with zero attached hydrogens (tertiary/aromatic N) is 2. The van der Waals surface area contributed by atoms with Gasteiger partial charge in [-0.3, -0.25) is 0 Å². The van der Waals surface area contributed by atoms with Crippen molar-refractivity contribution in [3.8, 4) is 0 Å². The molecule has 0 spiro atoms. The molecule has 4 heteroatoms. The highest BCUT2D eigenvalue weighted by atomic mass is 16.5. The fourth-order valence-electron chi connectivity index (χ4n) is 2.70. The number of H-pyrrole nitrogens is 1. The monoisotopic (exact) mass is 302 g/mol. The van der Waals surface area contributed by atoms with Crippen molar-refractivity contribution in [2.75, 3.05) is 0 Å². The van der Waals surface area contributed by atoms with Crippen molar-refractivity contribution >= 4 is 10.9 Å². The van der Waals surface area contributed by atoms with Gasteiger partial charge in [0.15, 0.2) is 5.82 Å². The Kier molecular flexibility index (Phi) is 3.64. The van der Waals surface area contributed by atoms with Crippen LogP contribution in [0.5, 0.6) is 0 Å². The first-order valence-electron chi connectivity index (χ1n) is 7.63. The summed E-state index contributed by atoms with van der Waals surface area (Å²) in [4.78, 5) is 7.72. The fourth-order valence-corrected chi connectivity index (χ4v) is 2.70. The third kappa shape index (κ3) is 3.01. The number of nitrogens with one attached hydrogen (secondary N) is 1. The predicted molar refractivity (Wildman–Crippen MR) is 89.0 cm³/mol. The molecule has 0 bridgehead atoms. The summed E-state index contributed by atoms with van der Waals surface area (Å²) in [5.41, 5.74) is 3.55. The van der Waals surface area contributed by atoms with E-state index in [9.17, 15) is 0 Å².